The number of carboxylic acid groups (broad SMARTS) is 1. The van der Waals surface area contributed by atoms with Gasteiger partial charge in [0, 0.05) is 19.4 Å². The average molecular weight is 244 g/mol. The van der Waals surface area contributed by atoms with Crippen LogP contribution in [0.25, 0.3) is 11.2 Å². The van der Waals surface area contributed by atoms with E-state index in [9.17, 15) is 13.2 Å². The first-order valence-corrected chi connectivity index (χ1v) is 6.09. The molecule has 0 aliphatic carbocycles. The third-order valence-electron chi connectivity index (χ3n) is 2.08. The molecule has 0 unspecified atom stereocenters. The second kappa shape index (κ2) is 3.08. The molecule has 0 radical (unpaired) electrons. The van der Waals surface area contributed by atoms with E-state index in [0.717, 1.165) is 6.26 Å². The van der Waals surface area contributed by atoms with E-state index < -0.39 is 15.8 Å². The number of sulfone groups is 1. The molecule has 8 heteroatoms. The van der Waals surface area contributed by atoms with Gasteiger partial charge in [-0.05, 0) is 0 Å². The molecule has 86 valence electrons. The van der Waals surface area contributed by atoms with Gasteiger partial charge in [-0.3, -0.25) is 0 Å². The minimum atomic E-state index is -3.45. The lowest BCUT2D eigenvalue weighted by atomic mass is 10.4. The van der Waals surface area contributed by atoms with Crippen molar-refractivity contribution >= 4 is 27.0 Å². The summed E-state index contributed by atoms with van der Waals surface area (Å²) in [6, 6.07) is 1.24. The van der Waals surface area contributed by atoms with E-state index in [1.807, 2.05) is 0 Å². The molecule has 0 aliphatic heterocycles. The molecule has 16 heavy (non-hydrogen) atoms. The largest absolute Gasteiger partial charge is 0.475 e. The summed E-state index contributed by atoms with van der Waals surface area (Å²) in [5.74, 6) is -1.49. The maximum Gasteiger partial charge on any atom is 0.371 e. The van der Waals surface area contributed by atoms with Crippen LogP contribution < -0.4 is 0 Å². The first kappa shape index (κ1) is 10.7. The molecule has 0 aromatic carbocycles. The fraction of sp³-hybridized carbons (Fsp3) is 0.250. The number of hydrogen-bond donors (Lipinski definition) is 1. The molecule has 0 bridgehead atoms. The molecule has 2 aromatic heterocycles. The van der Waals surface area contributed by atoms with Gasteiger partial charge in [0.1, 0.15) is 5.52 Å². The van der Waals surface area contributed by atoms with Crippen molar-refractivity contribution < 1.29 is 22.7 Å². The van der Waals surface area contributed by atoms with Crippen LogP contribution in [-0.2, 0) is 16.9 Å². The standard InChI is InChI=1S/C8H8N2O5S/c1-10-4-3-5(7(11)12)15-6(4)9-8(10)16(2,13)14/h3H,1-2H3,(H,11,12). The molecular formula is C8H8N2O5S. The van der Waals surface area contributed by atoms with Gasteiger partial charge in [0.15, 0.2) is 0 Å². The zero-order valence-electron chi connectivity index (χ0n) is 8.46. The van der Waals surface area contributed by atoms with Crippen molar-refractivity contribution in [2.45, 2.75) is 5.16 Å². The highest BCUT2D eigenvalue weighted by Crippen LogP contribution is 2.21. The molecule has 1 N–H and O–H groups in total. The maximum atomic E-state index is 11.3. The van der Waals surface area contributed by atoms with Gasteiger partial charge in [-0.1, -0.05) is 0 Å². The average Bonchev–Trinajstić information content (AvgIpc) is 2.64. The van der Waals surface area contributed by atoms with Gasteiger partial charge in [0.25, 0.3) is 0 Å². The van der Waals surface area contributed by atoms with Crippen molar-refractivity contribution in [3.05, 3.63) is 11.8 Å². The Morgan fingerprint density at radius 3 is 2.62 bits per heavy atom. The number of hydrogen-bond acceptors (Lipinski definition) is 5. The van der Waals surface area contributed by atoms with Crippen LogP contribution in [0.15, 0.2) is 15.6 Å². The van der Waals surface area contributed by atoms with Crippen molar-refractivity contribution in [3.8, 4) is 0 Å². The van der Waals surface area contributed by atoms with Gasteiger partial charge in [-0.2, -0.15) is 4.98 Å². The Labute approximate surface area is 90.2 Å². The monoisotopic (exact) mass is 244 g/mol. The number of nitrogens with zero attached hydrogens (tertiary/aromatic N) is 2. The molecule has 0 atom stereocenters. The summed E-state index contributed by atoms with van der Waals surface area (Å²) in [5, 5.41) is 8.52. The zero-order valence-corrected chi connectivity index (χ0v) is 9.28. The molecule has 7 nitrogen and oxygen atoms in total. The Bertz CT molecular complexity index is 679. The molecule has 0 saturated carbocycles. The normalized spacial score (nSPS) is 12.1. The van der Waals surface area contributed by atoms with Crippen molar-refractivity contribution in [1.82, 2.24) is 9.55 Å². The van der Waals surface area contributed by atoms with Gasteiger partial charge in [0.2, 0.25) is 26.5 Å². The van der Waals surface area contributed by atoms with Crippen LogP contribution in [0, 0.1) is 0 Å². The SMILES string of the molecule is Cn1c(S(C)(=O)=O)nc2oc(C(=O)O)cc21. The minimum absolute atomic E-state index is 0.000301. The fourth-order valence-electron chi connectivity index (χ4n) is 1.39. The van der Waals surface area contributed by atoms with Crippen LogP contribution in [0.1, 0.15) is 10.6 Å². The van der Waals surface area contributed by atoms with Gasteiger partial charge in [0.05, 0.1) is 0 Å². The van der Waals surface area contributed by atoms with Crippen LogP contribution in [-0.4, -0.2) is 35.3 Å². The molecule has 2 heterocycles. The van der Waals surface area contributed by atoms with Crippen LogP contribution in [0.4, 0.5) is 0 Å². The van der Waals surface area contributed by atoms with Gasteiger partial charge < -0.3 is 14.1 Å². The van der Waals surface area contributed by atoms with E-state index >= 15 is 0 Å². The smallest absolute Gasteiger partial charge is 0.371 e. The summed E-state index contributed by atoms with van der Waals surface area (Å²) in [6.07, 6.45) is 1.02. The third-order valence-corrected chi connectivity index (χ3v) is 3.11. The van der Waals surface area contributed by atoms with E-state index in [1.165, 1.54) is 17.7 Å². The molecule has 2 rings (SSSR count). The van der Waals surface area contributed by atoms with Gasteiger partial charge in [-0.25, -0.2) is 13.2 Å². The van der Waals surface area contributed by atoms with E-state index in [-0.39, 0.29) is 16.6 Å². The van der Waals surface area contributed by atoms with Crippen molar-refractivity contribution in [3.63, 3.8) is 0 Å². The Morgan fingerprint density at radius 1 is 1.56 bits per heavy atom. The van der Waals surface area contributed by atoms with E-state index in [4.69, 9.17) is 9.52 Å². The van der Waals surface area contributed by atoms with E-state index in [1.54, 1.807) is 0 Å². The van der Waals surface area contributed by atoms with E-state index in [0.29, 0.717) is 5.52 Å². The molecule has 0 aliphatic rings. The highest BCUT2D eigenvalue weighted by Gasteiger charge is 2.21. The third kappa shape index (κ3) is 1.47. The summed E-state index contributed by atoms with van der Waals surface area (Å²) >= 11 is 0. The Balaban J connectivity index is 2.74. The molecule has 0 spiro atoms. The van der Waals surface area contributed by atoms with E-state index in [2.05, 4.69) is 4.98 Å². The Kier molecular flexibility index (Phi) is 2.06. The lowest BCUT2D eigenvalue weighted by Crippen LogP contribution is -2.05. The zero-order chi connectivity index (χ0) is 12.1. The van der Waals surface area contributed by atoms with Gasteiger partial charge >= 0.3 is 5.97 Å². The Hall–Kier alpha value is -1.83. The number of imidazole rings is 1. The lowest BCUT2D eigenvalue weighted by molar-refractivity contribution is 0.0664. The summed E-state index contributed by atoms with van der Waals surface area (Å²) < 4.78 is 28.8. The summed E-state index contributed by atoms with van der Waals surface area (Å²) in [4.78, 5) is 14.3. The predicted molar refractivity (Wildman–Crippen MR) is 53.0 cm³/mol. The van der Waals surface area contributed by atoms with Crippen LogP contribution >= 0.6 is 0 Å². The first-order chi connectivity index (χ1) is 7.30. The van der Waals surface area contributed by atoms with Crippen molar-refractivity contribution in [2.24, 2.45) is 7.05 Å². The number of aromatic nitrogens is 2. The first-order valence-electron chi connectivity index (χ1n) is 4.20. The summed E-state index contributed by atoms with van der Waals surface area (Å²) in [6.45, 7) is 0. The topological polar surface area (TPSA) is 102 Å². The maximum absolute atomic E-state index is 11.3. The highest BCUT2D eigenvalue weighted by atomic mass is 32.2. The molecule has 2 aromatic rings. The Morgan fingerprint density at radius 2 is 2.19 bits per heavy atom. The quantitative estimate of drug-likeness (QED) is 0.813. The van der Waals surface area contributed by atoms with Gasteiger partial charge in [-0.15, -0.1) is 0 Å². The molecular weight excluding hydrogens is 236 g/mol. The van der Waals surface area contributed by atoms with Crippen LogP contribution in [0.2, 0.25) is 0 Å². The second-order valence-electron chi connectivity index (χ2n) is 3.33. The minimum Gasteiger partial charge on any atom is -0.475 e. The second-order valence-corrected chi connectivity index (χ2v) is 5.24. The van der Waals surface area contributed by atoms with Crippen molar-refractivity contribution in [2.75, 3.05) is 6.26 Å². The highest BCUT2D eigenvalue weighted by molar-refractivity contribution is 7.90. The number of furan rings is 1. The lowest BCUT2D eigenvalue weighted by Gasteiger charge is -1.97. The van der Waals surface area contributed by atoms with Crippen molar-refractivity contribution in [1.29, 1.82) is 0 Å². The summed E-state index contributed by atoms with van der Waals surface area (Å²) in [5.41, 5.74) is 0.332. The number of rotatable bonds is 2. The summed E-state index contributed by atoms with van der Waals surface area (Å²) in [7, 11) is -1.97. The predicted octanol–water partition coefficient (Wildman–Crippen LogP) is 0.268. The molecule has 0 fully saturated rings. The fourth-order valence-corrected chi connectivity index (χ4v) is 2.24. The number of carbonyl (C=O) groups is 1. The number of fused-ring (bicyclic) bond motifs is 1. The number of aryl methyl sites for hydroxylation is 1. The van der Waals surface area contributed by atoms with Crippen LogP contribution in [0.5, 0.6) is 0 Å². The molecule has 0 saturated heterocycles. The van der Waals surface area contributed by atoms with Crippen LogP contribution in [0.3, 0.4) is 0 Å². The number of carboxylic acids is 1. The molecule has 0 amide bonds. The number of aromatic carboxylic acids is 1.